The van der Waals surface area contributed by atoms with Crippen LogP contribution in [-0.2, 0) is 11.8 Å². The fourth-order valence-corrected chi connectivity index (χ4v) is 2.18. The Labute approximate surface area is 99.0 Å². The molecule has 0 fully saturated rings. The van der Waals surface area contributed by atoms with Gasteiger partial charge in [-0.05, 0) is 11.6 Å². The van der Waals surface area contributed by atoms with Gasteiger partial charge in [-0.1, -0.05) is 27.5 Å². The smallest absolute Gasteiger partial charge is 0.235 e. The first-order chi connectivity index (χ1) is 7.10. The maximum absolute atomic E-state index is 12.4. The van der Waals surface area contributed by atoms with Gasteiger partial charge in [-0.25, -0.2) is 13.8 Å². The van der Waals surface area contributed by atoms with Crippen molar-refractivity contribution in [3.63, 3.8) is 0 Å². The van der Waals surface area contributed by atoms with Crippen LogP contribution in [0.15, 0.2) is 6.07 Å². The Morgan fingerprint density at radius 2 is 2.27 bits per heavy atom. The van der Waals surface area contributed by atoms with Crippen LogP contribution in [0.5, 0.6) is 0 Å². The molecule has 0 saturated heterocycles. The van der Waals surface area contributed by atoms with Crippen molar-refractivity contribution in [3.8, 4) is 6.07 Å². The van der Waals surface area contributed by atoms with E-state index in [1.165, 1.54) is 6.07 Å². The molecule has 1 heterocycles. The van der Waals surface area contributed by atoms with Crippen LogP contribution in [0.1, 0.15) is 23.2 Å². The molecule has 0 atom stereocenters. The fourth-order valence-electron chi connectivity index (χ4n) is 1.11. The molecule has 0 radical (unpaired) electrons. The van der Waals surface area contributed by atoms with E-state index < -0.39 is 12.1 Å². The van der Waals surface area contributed by atoms with Gasteiger partial charge in [0.25, 0.3) is 6.43 Å². The first-order valence-electron chi connectivity index (χ1n) is 3.99. The van der Waals surface area contributed by atoms with Crippen LogP contribution in [0.25, 0.3) is 0 Å². The molecule has 80 valence electrons. The summed E-state index contributed by atoms with van der Waals surface area (Å²) < 4.78 is 24.8. The molecule has 15 heavy (non-hydrogen) atoms. The summed E-state index contributed by atoms with van der Waals surface area (Å²) in [5.41, 5.74) is 0.683. The molecule has 0 amide bonds. The van der Waals surface area contributed by atoms with Crippen LogP contribution in [0.4, 0.5) is 8.78 Å². The van der Waals surface area contributed by atoms with Gasteiger partial charge in [-0.3, -0.25) is 0 Å². The Morgan fingerprint density at radius 3 is 2.73 bits per heavy atom. The number of nitrogens with zero attached hydrogens (tertiary/aromatic N) is 2. The molecule has 0 saturated carbocycles. The number of pyridine rings is 1. The van der Waals surface area contributed by atoms with E-state index in [1.807, 2.05) is 6.07 Å². The van der Waals surface area contributed by atoms with E-state index in [1.54, 1.807) is 0 Å². The maximum Gasteiger partial charge on any atom is 0.280 e. The summed E-state index contributed by atoms with van der Waals surface area (Å²) in [7, 11) is 0. The van der Waals surface area contributed by atoms with Crippen molar-refractivity contribution in [1.82, 2.24) is 4.98 Å². The number of rotatable bonds is 3. The van der Waals surface area contributed by atoms with E-state index >= 15 is 0 Å². The average molecular weight is 296 g/mol. The van der Waals surface area contributed by atoms with E-state index in [2.05, 4.69) is 20.9 Å². The lowest BCUT2D eigenvalue weighted by atomic mass is 10.1. The zero-order valence-electron chi connectivity index (χ0n) is 7.48. The lowest BCUT2D eigenvalue weighted by molar-refractivity contribution is 0.146. The Kier molecular flexibility index (Phi) is 4.43. The highest BCUT2D eigenvalue weighted by atomic mass is 79.9. The van der Waals surface area contributed by atoms with Crippen LogP contribution in [0.2, 0.25) is 5.15 Å². The van der Waals surface area contributed by atoms with Crippen LogP contribution in [0, 0.1) is 11.3 Å². The van der Waals surface area contributed by atoms with Gasteiger partial charge in [0.15, 0.2) is 0 Å². The summed E-state index contributed by atoms with van der Waals surface area (Å²) in [5.74, 6) is 0. The molecule has 0 N–H and O–H groups in total. The molecule has 6 heteroatoms. The van der Waals surface area contributed by atoms with E-state index in [4.69, 9.17) is 16.9 Å². The summed E-state index contributed by atoms with van der Waals surface area (Å²) in [5, 5.41) is 8.96. The summed E-state index contributed by atoms with van der Waals surface area (Å²) in [6, 6.07) is 3.12. The number of hydrogen-bond acceptors (Lipinski definition) is 2. The van der Waals surface area contributed by atoms with Crippen LogP contribution >= 0.6 is 27.5 Å². The molecule has 0 aliphatic heterocycles. The third-order valence-corrected chi connectivity index (χ3v) is 2.69. The van der Waals surface area contributed by atoms with Gasteiger partial charge < -0.3 is 0 Å². The normalized spacial score (nSPS) is 10.4. The van der Waals surface area contributed by atoms with Gasteiger partial charge in [0.05, 0.1) is 12.5 Å². The standard InChI is InChI=1S/C9H6BrClF2N2/c10-4-6-5(1-2-14)3-7(9(12)13)15-8(6)11/h3,9H,1,4H2. The molecule has 0 spiro atoms. The van der Waals surface area contributed by atoms with Crippen molar-refractivity contribution in [3.05, 3.63) is 28.0 Å². The van der Waals surface area contributed by atoms with Gasteiger partial charge in [-0.15, -0.1) is 0 Å². The molecular formula is C9H6BrClF2N2. The minimum absolute atomic E-state index is 0.0231. The van der Waals surface area contributed by atoms with Crippen molar-refractivity contribution in [2.24, 2.45) is 0 Å². The molecule has 2 nitrogen and oxygen atoms in total. The summed E-state index contributed by atoms with van der Waals surface area (Å²) in [6.45, 7) is 0. The van der Waals surface area contributed by atoms with Gasteiger partial charge in [0.2, 0.25) is 0 Å². The molecular weight excluding hydrogens is 289 g/mol. The zero-order chi connectivity index (χ0) is 11.4. The molecule has 1 aromatic heterocycles. The lowest BCUT2D eigenvalue weighted by Crippen LogP contribution is -1.99. The Bertz CT molecular complexity index is 404. The van der Waals surface area contributed by atoms with E-state index in [9.17, 15) is 8.78 Å². The van der Waals surface area contributed by atoms with Crippen LogP contribution in [0.3, 0.4) is 0 Å². The van der Waals surface area contributed by atoms with E-state index in [0.717, 1.165) is 0 Å². The number of halogens is 4. The quantitative estimate of drug-likeness (QED) is 0.630. The second-order valence-electron chi connectivity index (χ2n) is 2.74. The fraction of sp³-hybridized carbons (Fsp3) is 0.333. The monoisotopic (exact) mass is 294 g/mol. The van der Waals surface area contributed by atoms with Crippen molar-refractivity contribution in [2.45, 2.75) is 18.2 Å². The number of alkyl halides is 3. The Balaban J connectivity index is 3.26. The Hall–Kier alpha value is -0.730. The zero-order valence-corrected chi connectivity index (χ0v) is 9.82. The first kappa shape index (κ1) is 12.3. The highest BCUT2D eigenvalue weighted by Gasteiger charge is 2.15. The molecule has 0 aliphatic rings. The topological polar surface area (TPSA) is 36.7 Å². The summed E-state index contributed by atoms with van der Waals surface area (Å²) >= 11 is 8.90. The van der Waals surface area contributed by atoms with Crippen LogP contribution < -0.4 is 0 Å². The lowest BCUT2D eigenvalue weighted by Gasteiger charge is -2.08. The van der Waals surface area contributed by atoms with Crippen molar-refractivity contribution < 1.29 is 8.78 Å². The molecule has 0 aliphatic carbocycles. The summed E-state index contributed by atoms with van der Waals surface area (Å²) in [6.07, 6.45) is -2.63. The highest BCUT2D eigenvalue weighted by molar-refractivity contribution is 9.08. The minimum Gasteiger partial charge on any atom is -0.235 e. The predicted molar refractivity (Wildman–Crippen MR) is 56.2 cm³/mol. The highest BCUT2D eigenvalue weighted by Crippen LogP contribution is 2.26. The molecule has 0 bridgehead atoms. The van der Waals surface area contributed by atoms with Crippen LogP contribution in [-0.4, -0.2) is 4.98 Å². The molecule has 1 aromatic rings. The second kappa shape index (κ2) is 5.38. The van der Waals surface area contributed by atoms with Crippen molar-refractivity contribution in [1.29, 1.82) is 5.26 Å². The molecule has 0 aromatic carbocycles. The number of hydrogen-bond donors (Lipinski definition) is 0. The van der Waals surface area contributed by atoms with E-state index in [0.29, 0.717) is 16.5 Å². The van der Waals surface area contributed by atoms with E-state index in [-0.39, 0.29) is 11.6 Å². The van der Waals surface area contributed by atoms with Crippen molar-refractivity contribution >= 4 is 27.5 Å². The third kappa shape index (κ3) is 2.86. The minimum atomic E-state index is -2.68. The van der Waals surface area contributed by atoms with Gasteiger partial charge >= 0.3 is 0 Å². The maximum atomic E-state index is 12.4. The Morgan fingerprint density at radius 1 is 1.60 bits per heavy atom. The SMILES string of the molecule is N#CCc1cc(C(F)F)nc(Cl)c1CBr. The molecule has 0 unspecified atom stereocenters. The number of nitriles is 1. The average Bonchev–Trinajstić information content (AvgIpc) is 2.17. The third-order valence-electron chi connectivity index (χ3n) is 1.81. The van der Waals surface area contributed by atoms with Gasteiger partial charge in [-0.2, -0.15) is 5.26 Å². The van der Waals surface area contributed by atoms with Gasteiger partial charge in [0, 0.05) is 10.9 Å². The number of aromatic nitrogens is 1. The van der Waals surface area contributed by atoms with Crippen molar-refractivity contribution in [2.75, 3.05) is 0 Å². The van der Waals surface area contributed by atoms with Gasteiger partial charge in [0.1, 0.15) is 10.8 Å². The molecule has 1 rings (SSSR count). The largest absolute Gasteiger partial charge is 0.280 e. The summed E-state index contributed by atoms with van der Waals surface area (Å²) in [4.78, 5) is 3.56. The predicted octanol–water partition coefficient (Wildman–Crippen LogP) is 3.63. The second-order valence-corrected chi connectivity index (χ2v) is 3.66. The first-order valence-corrected chi connectivity index (χ1v) is 5.49.